The molecular weight excluding hydrogens is 388 g/mol. The first kappa shape index (κ1) is 19.0. The fourth-order valence-corrected chi connectivity index (χ4v) is 4.59. The average Bonchev–Trinajstić information content (AvgIpc) is 2.79. The summed E-state index contributed by atoms with van der Waals surface area (Å²) in [5, 5.41) is 2.82. The first-order valence-corrected chi connectivity index (χ1v) is 10.6. The van der Waals surface area contributed by atoms with Crippen molar-refractivity contribution in [2.75, 3.05) is 10.0 Å². The second kappa shape index (κ2) is 6.93. The van der Waals surface area contributed by atoms with Gasteiger partial charge in [0.1, 0.15) is 5.75 Å². The van der Waals surface area contributed by atoms with Gasteiger partial charge in [-0.25, -0.2) is 8.42 Å². The van der Waals surface area contributed by atoms with Crippen LogP contribution in [0.2, 0.25) is 0 Å². The van der Waals surface area contributed by atoms with Crippen molar-refractivity contribution in [3.63, 3.8) is 0 Å². The molecule has 0 saturated carbocycles. The molecule has 0 fully saturated rings. The normalized spacial score (nSPS) is 12.9. The summed E-state index contributed by atoms with van der Waals surface area (Å²) in [6.45, 7) is 5.50. The zero-order valence-corrected chi connectivity index (χ0v) is 17.1. The molecule has 3 aromatic carbocycles. The van der Waals surface area contributed by atoms with Gasteiger partial charge in [0.15, 0.2) is 5.75 Å². The van der Waals surface area contributed by atoms with Crippen molar-refractivity contribution in [1.82, 2.24) is 0 Å². The SMILES string of the molecule is Cc1ccc2c(c1)NC(=O)c1cc(NS(=O)(=O)c3cc(C)ccc3C)ccc1O2. The highest BCUT2D eigenvalue weighted by Crippen LogP contribution is 2.37. The Labute approximate surface area is 169 Å². The first-order chi connectivity index (χ1) is 13.7. The van der Waals surface area contributed by atoms with E-state index in [9.17, 15) is 13.2 Å². The third kappa shape index (κ3) is 3.69. The van der Waals surface area contributed by atoms with Gasteiger partial charge in [0.05, 0.1) is 16.1 Å². The van der Waals surface area contributed by atoms with Gasteiger partial charge in [-0.05, 0) is 73.9 Å². The Morgan fingerprint density at radius 1 is 0.862 bits per heavy atom. The monoisotopic (exact) mass is 408 g/mol. The number of hydrogen-bond donors (Lipinski definition) is 2. The Morgan fingerprint density at radius 2 is 1.55 bits per heavy atom. The molecule has 7 heteroatoms. The fraction of sp³-hybridized carbons (Fsp3) is 0.136. The largest absolute Gasteiger partial charge is 0.454 e. The topological polar surface area (TPSA) is 84.5 Å². The molecule has 148 valence electrons. The van der Waals surface area contributed by atoms with Crippen molar-refractivity contribution in [1.29, 1.82) is 0 Å². The van der Waals surface area contributed by atoms with Gasteiger partial charge in [0, 0.05) is 5.69 Å². The zero-order chi connectivity index (χ0) is 20.8. The van der Waals surface area contributed by atoms with Gasteiger partial charge < -0.3 is 10.1 Å². The number of nitrogens with one attached hydrogen (secondary N) is 2. The molecule has 0 radical (unpaired) electrons. The summed E-state index contributed by atoms with van der Waals surface area (Å²) in [7, 11) is -3.80. The van der Waals surface area contributed by atoms with Crippen LogP contribution in [0.5, 0.6) is 11.5 Å². The van der Waals surface area contributed by atoms with Crippen molar-refractivity contribution in [2.24, 2.45) is 0 Å². The summed E-state index contributed by atoms with van der Waals surface area (Å²) in [4.78, 5) is 12.9. The minimum absolute atomic E-state index is 0.205. The smallest absolute Gasteiger partial charge is 0.262 e. The Morgan fingerprint density at radius 3 is 2.34 bits per heavy atom. The number of ether oxygens (including phenoxy) is 1. The third-order valence-corrected chi connectivity index (χ3v) is 6.24. The highest BCUT2D eigenvalue weighted by atomic mass is 32.2. The van der Waals surface area contributed by atoms with Crippen molar-refractivity contribution >= 4 is 27.3 Å². The van der Waals surface area contributed by atoms with E-state index in [-0.39, 0.29) is 22.1 Å². The van der Waals surface area contributed by atoms with E-state index in [1.807, 2.05) is 32.0 Å². The number of anilines is 2. The standard InChI is InChI=1S/C22H20N2O4S/c1-13-5-8-20-18(10-13)23-22(25)17-12-16(7-9-19(17)28-20)24-29(26,27)21-11-14(2)4-6-15(21)3/h4-12,24H,1-3H3,(H,23,25). The summed E-state index contributed by atoms with van der Waals surface area (Å²) >= 11 is 0. The van der Waals surface area contributed by atoms with Gasteiger partial charge in [-0.1, -0.05) is 18.2 Å². The number of amides is 1. The van der Waals surface area contributed by atoms with E-state index in [4.69, 9.17) is 4.74 Å². The molecule has 2 N–H and O–H groups in total. The summed E-state index contributed by atoms with van der Waals surface area (Å²) in [6.07, 6.45) is 0. The van der Waals surface area contributed by atoms with E-state index in [2.05, 4.69) is 10.0 Å². The number of carbonyl (C=O) groups is 1. The van der Waals surface area contributed by atoms with E-state index in [0.29, 0.717) is 22.7 Å². The summed E-state index contributed by atoms with van der Waals surface area (Å²) in [5.74, 6) is 0.531. The maximum absolute atomic E-state index is 12.9. The lowest BCUT2D eigenvalue weighted by Crippen LogP contribution is -2.16. The average molecular weight is 408 g/mol. The predicted octanol–water partition coefficient (Wildman–Crippen LogP) is 4.77. The van der Waals surface area contributed by atoms with Crippen LogP contribution in [0.3, 0.4) is 0 Å². The summed E-state index contributed by atoms with van der Waals surface area (Å²) < 4.78 is 34.2. The van der Waals surface area contributed by atoms with Crippen LogP contribution in [-0.2, 0) is 10.0 Å². The van der Waals surface area contributed by atoms with Gasteiger partial charge in [-0.3, -0.25) is 9.52 Å². The van der Waals surface area contributed by atoms with Crippen LogP contribution in [0.4, 0.5) is 11.4 Å². The molecule has 0 saturated heterocycles. The molecule has 0 atom stereocenters. The van der Waals surface area contributed by atoms with Crippen molar-refractivity contribution in [3.05, 3.63) is 76.9 Å². The van der Waals surface area contributed by atoms with E-state index >= 15 is 0 Å². The molecule has 1 aliphatic heterocycles. The lowest BCUT2D eigenvalue weighted by atomic mass is 10.1. The van der Waals surface area contributed by atoms with E-state index < -0.39 is 10.0 Å². The van der Waals surface area contributed by atoms with E-state index in [0.717, 1.165) is 11.1 Å². The second-order valence-corrected chi connectivity index (χ2v) is 8.79. The summed E-state index contributed by atoms with van der Waals surface area (Å²) in [6, 6.07) is 15.4. The Balaban J connectivity index is 1.69. The first-order valence-electron chi connectivity index (χ1n) is 9.07. The molecule has 0 bridgehead atoms. The minimum atomic E-state index is -3.80. The lowest BCUT2D eigenvalue weighted by molar-refractivity contribution is 0.102. The van der Waals surface area contributed by atoms with Crippen LogP contribution in [0.1, 0.15) is 27.0 Å². The summed E-state index contributed by atoms with van der Waals surface area (Å²) in [5.41, 5.74) is 3.58. The fourth-order valence-electron chi connectivity index (χ4n) is 3.21. The van der Waals surface area contributed by atoms with Gasteiger partial charge in [0.25, 0.3) is 15.9 Å². The number of rotatable bonds is 3. The predicted molar refractivity (Wildman–Crippen MR) is 112 cm³/mol. The molecule has 4 rings (SSSR count). The molecule has 6 nitrogen and oxygen atoms in total. The van der Waals surface area contributed by atoms with Crippen LogP contribution >= 0.6 is 0 Å². The molecule has 1 heterocycles. The number of carbonyl (C=O) groups excluding carboxylic acids is 1. The van der Waals surface area contributed by atoms with Crippen LogP contribution in [0, 0.1) is 20.8 Å². The third-order valence-electron chi connectivity index (χ3n) is 4.71. The maximum Gasteiger partial charge on any atom is 0.262 e. The van der Waals surface area contributed by atoms with Crippen molar-refractivity contribution in [3.8, 4) is 11.5 Å². The highest BCUT2D eigenvalue weighted by molar-refractivity contribution is 7.92. The molecule has 0 unspecified atom stereocenters. The van der Waals surface area contributed by atoms with Gasteiger partial charge in [-0.15, -0.1) is 0 Å². The van der Waals surface area contributed by atoms with Crippen molar-refractivity contribution < 1.29 is 17.9 Å². The molecule has 1 aliphatic rings. The Bertz CT molecular complexity index is 1250. The van der Waals surface area contributed by atoms with E-state index in [1.165, 1.54) is 6.07 Å². The number of sulfonamides is 1. The lowest BCUT2D eigenvalue weighted by Gasteiger charge is -2.13. The van der Waals surface area contributed by atoms with Gasteiger partial charge >= 0.3 is 0 Å². The molecule has 0 aliphatic carbocycles. The molecular formula is C22H20N2O4S. The van der Waals surface area contributed by atoms with Gasteiger partial charge in [-0.2, -0.15) is 0 Å². The van der Waals surface area contributed by atoms with Gasteiger partial charge in [0.2, 0.25) is 0 Å². The Hall–Kier alpha value is -3.32. The molecule has 1 amide bonds. The Kier molecular flexibility index (Phi) is 4.55. The highest BCUT2D eigenvalue weighted by Gasteiger charge is 2.23. The van der Waals surface area contributed by atoms with Crippen LogP contribution < -0.4 is 14.8 Å². The molecule has 3 aromatic rings. The van der Waals surface area contributed by atoms with Crippen LogP contribution in [0.15, 0.2) is 59.5 Å². The number of aryl methyl sites for hydroxylation is 3. The van der Waals surface area contributed by atoms with Crippen LogP contribution in [-0.4, -0.2) is 14.3 Å². The van der Waals surface area contributed by atoms with E-state index in [1.54, 1.807) is 37.3 Å². The van der Waals surface area contributed by atoms with Crippen LogP contribution in [0.25, 0.3) is 0 Å². The minimum Gasteiger partial charge on any atom is -0.454 e. The maximum atomic E-state index is 12.9. The second-order valence-electron chi connectivity index (χ2n) is 7.14. The molecule has 0 aromatic heterocycles. The number of benzene rings is 3. The quantitative estimate of drug-likeness (QED) is 0.654. The number of hydrogen-bond acceptors (Lipinski definition) is 4. The number of fused-ring (bicyclic) bond motifs is 2. The zero-order valence-electron chi connectivity index (χ0n) is 16.2. The van der Waals surface area contributed by atoms with Crippen molar-refractivity contribution in [2.45, 2.75) is 25.7 Å². The molecule has 29 heavy (non-hydrogen) atoms. The molecule has 0 spiro atoms.